The Morgan fingerprint density at radius 3 is 2.57 bits per heavy atom. The zero-order valence-corrected chi connectivity index (χ0v) is 18.2. The van der Waals surface area contributed by atoms with Gasteiger partial charge in [0.2, 0.25) is 5.91 Å². The number of rotatable bonds is 10. The molecule has 0 saturated carbocycles. The number of aliphatic hydroxyl groups excluding tert-OH is 1. The molecular weight excluding hydrogens is 402 g/mol. The first-order chi connectivity index (χ1) is 14.5. The number of aromatic carboxylic acids is 1. The topological polar surface area (TPSA) is 87.1 Å². The first-order valence-electron chi connectivity index (χ1n) is 10.4. The zero-order valence-electron chi connectivity index (χ0n) is 17.4. The smallest absolute Gasteiger partial charge is 0.345 e. The highest BCUT2D eigenvalue weighted by Gasteiger charge is 2.39. The van der Waals surface area contributed by atoms with Crippen molar-refractivity contribution in [1.29, 1.82) is 0 Å². The number of hydrogen-bond donors (Lipinski definition) is 2. The van der Waals surface area contributed by atoms with E-state index in [1.807, 2.05) is 24.3 Å². The summed E-state index contributed by atoms with van der Waals surface area (Å²) in [6, 6.07) is 10.6. The standard InChI is InChI=1S/C23H29NO5S/c1-3-4-5-6-18(25)15-7-9-16(10-8-15)24-17(11-14-21(24)26)22(29-2)19-12-13-20(30-19)23(27)28/h7-10,12-13,17-18,22,25H,3-6,11,14H2,1-2H3,(H,27,28)/t17?,18?,22-/m0/s1. The number of ether oxygens (including phenoxy) is 1. The summed E-state index contributed by atoms with van der Waals surface area (Å²) >= 11 is 1.18. The lowest BCUT2D eigenvalue weighted by Crippen LogP contribution is -2.37. The molecule has 2 aromatic rings. The Morgan fingerprint density at radius 1 is 1.23 bits per heavy atom. The normalized spacial score (nSPS) is 18.6. The number of carbonyl (C=O) groups is 2. The summed E-state index contributed by atoms with van der Waals surface area (Å²) < 4.78 is 5.71. The molecule has 2 unspecified atom stereocenters. The van der Waals surface area contributed by atoms with E-state index >= 15 is 0 Å². The number of benzene rings is 1. The lowest BCUT2D eigenvalue weighted by molar-refractivity contribution is -0.117. The lowest BCUT2D eigenvalue weighted by Gasteiger charge is -2.30. The lowest BCUT2D eigenvalue weighted by atomic mass is 10.0. The first kappa shape index (κ1) is 22.5. The van der Waals surface area contributed by atoms with Crippen molar-refractivity contribution in [3.05, 3.63) is 51.7 Å². The fourth-order valence-corrected chi connectivity index (χ4v) is 5.01. The average molecular weight is 432 g/mol. The van der Waals surface area contributed by atoms with Crippen molar-refractivity contribution in [1.82, 2.24) is 0 Å². The van der Waals surface area contributed by atoms with Gasteiger partial charge in [0.25, 0.3) is 0 Å². The van der Waals surface area contributed by atoms with Gasteiger partial charge in [0.1, 0.15) is 11.0 Å². The van der Waals surface area contributed by atoms with Gasteiger partial charge in [-0.15, -0.1) is 11.3 Å². The Balaban J connectivity index is 1.79. The Kier molecular flexibility index (Phi) is 7.64. The fraction of sp³-hybridized carbons (Fsp3) is 0.478. The summed E-state index contributed by atoms with van der Waals surface area (Å²) in [7, 11) is 1.58. The predicted molar refractivity (Wildman–Crippen MR) is 117 cm³/mol. The summed E-state index contributed by atoms with van der Waals surface area (Å²) in [5.74, 6) is -0.943. The summed E-state index contributed by atoms with van der Waals surface area (Å²) in [6.45, 7) is 2.14. The highest BCUT2D eigenvalue weighted by atomic mass is 32.1. The van der Waals surface area contributed by atoms with Crippen molar-refractivity contribution in [2.75, 3.05) is 12.0 Å². The molecule has 2 heterocycles. The minimum Gasteiger partial charge on any atom is -0.477 e. The van der Waals surface area contributed by atoms with Gasteiger partial charge in [-0.2, -0.15) is 0 Å². The van der Waals surface area contributed by atoms with Gasteiger partial charge in [0, 0.05) is 24.1 Å². The van der Waals surface area contributed by atoms with Crippen LogP contribution < -0.4 is 4.90 Å². The molecule has 1 aromatic heterocycles. The molecule has 0 spiro atoms. The molecular formula is C23H29NO5S. The number of nitrogens with zero attached hydrogens (tertiary/aromatic N) is 1. The third kappa shape index (κ3) is 4.91. The molecule has 1 aliphatic heterocycles. The molecule has 0 bridgehead atoms. The van der Waals surface area contributed by atoms with Gasteiger partial charge in [0.15, 0.2) is 0 Å². The van der Waals surface area contributed by atoms with E-state index in [4.69, 9.17) is 4.74 Å². The van der Waals surface area contributed by atoms with Crippen LogP contribution in [0.1, 0.15) is 77.8 Å². The van der Waals surface area contributed by atoms with Gasteiger partial charge in [-0.1, -0.05) is 38.3 Å². The predicted octanol–water partition coefficient (Wildman–Crippen LogP) is 4.94. The second-order valence-electron chi connectivity index (χ2n) is 7.64. The number of methoxy groups -OCH3 is 1. The average Bonchev–Trinajstić information content (AvgIpc) is 3.37. The molecule has 1 fully saturated rings. The largest absolute Gasteiger partial charge is 0.477 e. The zero-order chi connectivity index (χ0) is 21.7. The number of carboxylic acid groups (broad SMARTS) is 1. The van der Waals surface area contributed by atoms with E-state index in [0.29, 0.717) is 12.8 Å². The third-order valence-electron chi connectivity index (χ3n) is 5.61. The van der Waals surface area contributed by atoms with Crippen LogP contribution in [0.4, 0.5) is 5.69 Å². The van der Waals surface area contributed by atoms with E-state index in [1.54, 1.807) is 24.1 Å². The quantitative estimate of drug-likeness (QED) is 0.520. The molecule has 1 amide bonds. The number of unbranched alkanes of at least 4 members (excludes halogenated alkanes) is 2. The van der Waals surface area contributed by atoms with Crippen molar-refractivity contribution < 1.29 is 24.5 Å². The molecule has 0 radical (unpaired) electrons. The van der Waals surface area contributed by atoms with Gasteiger partial charge in [-0.25, -0.2) is 4.79 Å². The molecule has 3 atom stereocenters. The van der Waals surface area contributed by atoms with Crippen LogP contribution in [0.2, 0.25) is 0 Å². The van der Waals surface area contributed by atoms with Crippen LogP contribution >= 0.6 is 11.3 Å². The second-order valence-corrected chi connectivity index (χ2v) is 8.75. The summed E-state index contributed by atoms with van der Waals surface area (Å²) in [5, 5.41) is 19.6. The fourth-order valence-electron chi connectivity index (χ4n) is 4.02. The maximum Gasteiger partial charge on any atom is 0.345 e. The van der Waals surface area contributed by atoms with Gasteiger partial charge >= 0.3 is 5.97 Å². The molecule has 1 aromatic carbocycles. The number of amides is 1. The minimum absolute atomic E-state index is 0.0216. The van der Waals surface area contributed by atoms with Crippen LogP contribution in [0.15, 0.2) is 36.4 Å². The van der Waals surface area contributed by atoms with E-state index < -0.39 is 18.2 Å². The number of aliphatic hydroxyl groups is 1. The Bertz CT molecular complexity index is 863. The Morgan fingerprint density at radius 2 is 1.97 bits per heavy atom. The van der Waals surface area contributed by atoms with Gasteiger partial charge in [-0.3, -0.25) is 4.79 Å². The molecule has 0 aliphatic carbocycles. The molecule has 2 N–H and O–H groups in total. The Labute approximate surface area is 181 Å². The highest BCUT2D eigenvalue weighted by Crippen LogP contribution is 2.38. The van der Waals surface area contributed by atoms with Crippen molar-refractivity contribution in [3.63, 3.8) is 0 Å². The minimum atomic E-state index is -0.964. The maximum absolute atomic E-state index is 12.7. The van der Waals surface area contributed by atoms with Gasteiger partial charge in [-0.05, 0) is 42.7 Å². The monoisotopic (exact) mass is 431 g/mol. The number of carboxylic acids is 1. The Hall–Kier alpha value is -2.22. The molecule has 30 heavy (non-hydrogen) atoms. The van der Waals surface area contributed by atoms with Crippen LogP contribution in [-0.2, 0) is 9.53 Å². The molecule has 1 saturated heterocycles. The van der Waals surface area contributed by atoms with Crippen LogP contribution in [-0.4, -0.2) is 35.2 Å². The summed E-state index contributed by atoms with van der Waals surface area (Å²) in [4.78, 5) is 26.7. The number of thiophene rings is 1. The molecule has 1 aliphatic rings. The van der Waals surface area contributed by atoms with Gasteiger partial charge in [0.05, 0.1) is 12.1 Å². The van der Waals surface area contributed by atoms with E-state index in [0.717, 1.165) is 41.8 Å². The molecule has 162 valence electrons. The van der Waals surface area contributed by atoms with Crippen LogP contribution in [0.25, 0.3) is 0 Å². The number of anilines is 1. The van der Waals surface area contributed by atoms with E-state index in [1.165, 1.54) is 11.3 Å². The molecule has 7 heteroatoms. The highest BCUT2D eigenvalue weighted by molar-refractivity contribution is 7.14. The molecule has 6 nitrogen and oxygen atoms in total. The van der Waals surface area contributed by atoms with Crippen LogP contribution in [0, 0.1) is 0 Å². The van der Waals surface area contributed by atoms with Crippen molar-refractivity contribution in [2.24, 2.45) is 0 Å². The second kappa shape index (κ2) is 10.2. The van der Waals surface area contributed by atoms with Gasteiger partial charge < -0.3 is 19.8 Å². The maximum atomic E-state index is 12.7. The van der Waals surface area contributed by atoms with E-state index in [9.17, 15) is 19.8 Å². The summed E-state index contributed by atoms with van der Waals surface area (Å²) in [6.07, 6.45) is 4.10. The van der Waals surface area contributed by atoms with Crippen molar-refractivity contribution in [2.45, 2.75) is 63.7 Å². The first-order valence-corrected chi connectivity index (χ1v) is 11.2. The van der Waals surface area contributed by atoms with E-state index in [2.05, 4.69) is 6.92 Å². The van der Waals surface area contributed by atoms with Crippen LogP contribution in [0.5, 0.6) is 0 Å². The van der Waals surface area contributed by atoms with E-state index in [-0.39, 0.29) is 16.8 Å². The number of hydrogen-bond acceptors (Lipinski definition) is 5. The van der Waals surface area contributed by atoms with Crippen molar-refractivity contribution >= 4 is 28.9 Å². The van der Waals surface area contributed by atoms with Crippen molar-refractivity contribution in [3.8, 4) is 0 Å². The number of carbonyl (C=O) groups excluding carboxylic acids is 1. The molecule has 3 rings (SSSR count). The van der Waals surface area contributed by atoms with Crippen LogP contribution in [0.3, 0.4) is 0 Å². The third-order valence-corrected chi connectivity index (χ3v) is 6.75. The SMILES string of the molecule is CCCCCC(O)c1ccc(N2C(=O)CCC2[C@H](OC)c2ccc(C(=O)O)s2)cc1. The summed E-state index contributed by atoms with van der Waals surface area (Å²) in [5.41, 5.74) is 1.62.